The lowest BCUT2D eigenvalue weighted by atomic mass is 10.1. The first-order chi connectivity index (χ1) is 12.6. The Kier molecular flexibility index (Phi) is 5.71. The molecule has 0 radical (unpaired) electrons. The second-order valence-electron chi connectivity index (χ2n) is 6.98. The van der Waals surface area contributed by atoms with Crippen LogP contribution >= 0.6 is 0 Å². The fourth-order valence-electron chi connectivity index (χ4n) is 3.08. The lowest BCUT2D eigenvalue weighted by molar-refractivity contribution is -0.121. The standard InChI is InChI=1S/C22H26N2O2/c1-3-23-21(25)14-17-7-11-20(12-8-17)24(22(26)19-9-10-19)15-18-6-4-5-16(2)13-18/h4-8,11-13,19H,3,9-10,14-15H2,1-2H3,(H,23,25). The van der Waals surface area contributed by atoms with Crippen LogP contribution in [-0.2, 0) is 22.6 Å². The molecule has 2 amide bonds. The zero-order valence-electron chi connectivity index (χ0n) is 15.5. The number of amides is 2. The van der Waals surface area contributed by atoms with Gasteiger partial charge >= 0.3 is 0 Å². The molecule has 0 heterocycles. The molecule has 1 aliphatic carbocycles. The summed E-state index contributed by atoms with van der Waals surface area (Å²) >= 11 is 0. The number of rotatable bonds is 7. The van der Waals surface area contributed by atoms with Gasteiger partial charge in [0.2, 0.25) is 11.8 Å². The first-order valence-corrected chi connectivity index (χ1v) is 9.29. The predicted octanol–water partition coefficient (Wildman–Crippen LogP) is 3.62. The second-order valence-corrected chi connectivity index (χ2v) is 6.98. The second kappa shape index (κ2) is 8.17. The number of aryl methyl sites for hydroxylation is 1. The van der Waals surface area contributed by atoms with Crippen molar-refractivity contribution in [3.8, 4) is 0 Å². The van der Waals surface area contributed by atoms with Gasteiger partial charge in [0.25, 0.3) is 0 Å². The highest BCUT2D eigenvalue weighted by Crippen LogP contribution is 2.33. The van der Waals surface area contributed by atoms with Crippen molar-refractivity contribution in [3.05, 3.63) is 65.2 Å². The smallest absolute Gasteiger partial charge is 0.230 e. The molecule has 1 aliphatic rings. The monoisotopic (exact) mass is 350 g/mol. The molecule has 1 N–H and O–H groups in total. The highest BCUT2D eigenvalue weighted by atomic mass is 16.2. The van der Waals surface area contributed by atoms with Gasteiger partial charge < -0.3 is 10.2 Å². The van der Waals surface area contributed by atoms with E-state index in [2.05, 4.69) is 30.4 Å². The summed E-state index contributed by atoms with van der Waals surface area (Å²) in [5.41, 5.74) is 4.17. The molecule has 26 heavy (non-hydrogen) atoms. The number of hydrogen-bond donors (Lipinski definition) is 1. The molecule has 2 aromatic rings. The minimum atomic E-state index is 0.0194. The number of carbonyl (C=O) groups is 2. The van der Waals surface area contributed by atoms with Crippen LogP contribution in [0.25, 0.3) is 0 Å². The number of carbonyl (C=O) groups excluding carboxylic acids is 2. The fraction of sp³-hybridized carbons (Fsp3) is 0.364. The van der Waals surface area contributed by atoms with Gasteiger partial charge in [0.05, 0.1) is 13.0 Å². The first kappa shape index (κ1) is 18.2. The van der Waals surface area contributed by atoms with Crippen molar-refractivity contribution >= 4 is 17.5 Å². The molecule has 1 saturated carbocycles. The molecule has 0 unspecified atom stereocenters. The lowest BCUT2D eigenvalue weighted by Crippen LogP contribution is -2.31. The number of hydrogen-bond acceptors (Lipinski definition) is 2. The van der Waals surface area contributed by atoms with E-state index in [1.54, 1.807) is 0 Å². The van der Waals surface area contributed by atoms with Crippen molar-refractivity contribution in [2.75, 3.05) is 11.4 Å². The van der Waals surface area contributed by atoms with Gasteiger partial charge in [0, 0.05) is 18.2 Å². The molecule has 0 atom stereocenters. The Morgan fingerprint density at radius 2 is 1.81 bits per heavy atom. The average molecular weight is 350 g/mol. The number of benzene rings is 2. The van der Waals surface area contributed by atoms with E-state index < -0.39 is 0 Å². The van der Waals surface area contributed by atoms with Crippen molar-refractivity contribution in [2.45, 2.75) is 39.7 Å². The van der Waals surface area contributed by atoms with E-state index in [0.29, 0.717) is 19.5 Å². The lowest BCUT2D eigenvalue weighted by Gasteiger charge is -2.23. The van der Waals surface area contributed by atoms with Crippen LogP contribution in [0, 0.1) is 12.8 Å². The zero-order chi connectivity index (χ0) is 18.5. The highest BCUT2D eigenvalue weighted by molar-refractivity contribution is 5.96. The molecule has 0 aromatic heterocycles. The maximum Gasteiger partial charge on any atom is 0.230 e. The number of nitrogens with one attached hydrogen (secondary N) is 1. The summed E-state index contributed by atoms with van der Waals surface area (Å²) in [6.07, 6.45) is 2.33. The number of likely N-dealkylation sites (N-methyl/N-ethyl adjacent to an activating group) is 1. The summed E-state index contributed by atoms with van der Waals surface area (Å²) in [5, 5.41) is 2.81. The molecule has 0 saturated heterocycles. The first-order valence-electron chi connectivity index (χ1n) is 9.29. The number of nitrogens with zero attached hydrogens (tertiary/aromatic N) is 1. The molecule has 4 nitrogen and oxygen atoms in total. The van der Waals surface area contributed by atoms with Crippen molar-refractivity contribution < 1.29 is 9.59 Å². The molecule has 3 rings (SSSR count). The molecule has 136 valence electrons. The Morgan fingerprint density at radius 1 is 1.08 bits per heavy atom. The fourth-order valence-corrected chi connectivity index (χ4v) is 3.08. The summed E-state index contributed by atoms with van der Waals surface area (Å²) < 4.78 is 0. The van der Waals surface area contributed by atoms with Gasteiger partial charge in [-0.25, -0.2) is 0 Å². The normalized spacial score (nSPS) is 13.3. The van der Waals surface area contributed by atoms with Gasteiger partial charge in [-0.2, -0.15) is 0 Å². The summed E-state index contributed by atoms with van der Waals surface area (Å²) in [4.78, 5) is 26.4. The largest absolute Gasteiger partial charge is 0.356 e. The van der Waals surface area contributed by atoms with E-state index in [1.165, 1.54) is 5.56 Å². The van der Waals surface area contributed by atoms with E-state index >= 15 is 0 Å². The van der Waals surface area contributed by atoms with E-state index in [9.17, 15) is 9.59 Å². The third-order valence-corrected chi connectivity index (χ3v) is 4.60. The molecule has 4 heteroatoms. The average Bonchev–Trinajstić information content (AvgIpc) is 3.45. The van der Waals surface area contributed by atoms with Crippen molar-refractivity contribution in [3.63, 3.8) is 0 Å². The van der Waals surface area contributed by atoms with Gasteiger partial charge in [0.15, 0.2) is 0 Å². The zero-order valence-corrected chi connectivity index (χ0v) is 15.5. The molecule has 0 bridgehead atoms. The van der Waals surface area contributed by atoms with E-state index in [4.69, 9.17) is 0 Å². The molecular formula is C22H26N2O2. The van der Waals surface area contributed by atoms with Crippen LogP contribution < -0.4 is 10.2 Å². The summed E-state index contributed by atoms with van der Waals surface area (Å²) in [5.74, 6) is 0.378. The van der Waals surface area contributed by atoms with Gasteiger partial charge in [-0.1, -0.05) is 42.0 Å². The van der Waals surface area contributed by atoms with Gasteiger partial charge in [-0.15, -0.1) is 0 Å². The molecule has 0 spiro atoms. The summed E-state index contributed by atoms with van der Waals surface area (Å²) in [7, 11) is 0. The molecule has 1 fully saturated rings. The van der Waals surface area contributed by atoms with Crippen LogP contribution in [0.1, 0.15) is 36.5 Å². The third-order valence-electron chi connectivity index (χ3n) is 4.60. The SMILES string of the molecule is CCNC(=O)Cc1ccc(N(Cc2cccc(C)c2)C(=O)C2CC2)cc1. The topological polar surface area (TPSA) is 49.4 Å². The van der Waals surface area contributed by atoms with Crippen molar-refractivity contribution in [2.24, 2.45) is 5.92 Å². The maximum absolute atomic E-state index is 12.8. The van der Waals surface area contributed by atoms with Gasteiger partial charge in [0.1, 0.15) is 0 Å². The Hall–Kier alpha value is -2.62. The van der Waals surface area contributed by atoms with E-state index in [0.717, 1.165) is 29.7 Å². The minimum absolute atomic E-state index is 0.0194. The Bertz CT molecular complexity index is 779. The Balaban J connectivity index is 1.78. The van der Waals surface area contributed by atoms with Gasteiger partial charge in [-0.3, -0.25) is 9.59 Å². The molecule has 0 aliphatic heterocycles. The van der Waals surface area contributed by atoms with Crippen LogP contribution in [-0.4, -0.2) is 18.4 Å². The van der Waals surface area contributed by atoms with Crippen LogP contribution in [0.4, 0.5) is 5.69 Å². The summed E-state index contributed by atoms with van der Waals surface area (Å²) in [6, 6.07) is 16.0. The minimum Gasteiger partial charge on any atom is -0.356 e. The Morgan fingerprint density at radius 3 is 2.42 bits per heavy atom. The summed E-state index contributed by atoms with van der Waals surface area (Å²) in [6.45, 7) is 5.18. The predicted molar refractivity (Wildman–Crippen MR) is 104 cm³/mol. The molecule has 2 aromatic carbocycles. The molecular weight excluding hydrogens is 324 g/mol. The van der Waals surface area contributed by atoms with Crippen LogP contribution in [0.2, 0.25) is 0 Å². The quantitative estimate of drug-likeness (QED) is 0.829. The van der Waals surface area contributed by atoms with Crippen LogP contribution in [0.15, 0.2) is 48.5 Å². The Labute approximate surface area is 155 Å². The highest BCUT2D eigenvalue weighted by Gasteiger charge is 2.34. The van der Waals surface area contributed by atoms with Crippen LogP contribution in [0.5, 0.6) is 0 Å². The maximum atomic E-state index is 12.8. The van der Waals surface area contributed by atoms with E-state index in [1.807, 2.05) is 42.2 Å². The van der Waals surface area contributed by atoms with E-state index in [-0.39, 0.29) is 17.7 Å². The number of anilines is 1. The van der Waals surface area contributed by atoms with Crippen molar-refractivity contribution in [1.29, 1.82) is 0 Å². The van der Waals surface area contributed by atoms with Crippen molar-refractivity contribution in [1.82, 2.24) is 5.32 Å². The van der Waals surface area contributed by atoms with Crippen LogP contribution in [0.3, 0.4) is 0 Å². The third kappa shape index (κ3) is 4.72. The van der Waals surface area contributed by atoms with Gasteiger partial charge in [-0.05, 0) is 49.9 Å².